The number of benzene rings is 3. The SMILES string of the molecule is CCCCc1ccc(N(C(=O)O)c2ccc3c(c2)CCN3Cc2ccccc2)cc1. The zero-order chi connectivity index (χ0) is 20.9. The Morgan fingerprint density at radius 3 is 2.40 bits per heavy atom. The smallest absolute Gasteiger partial charge is 0.416 e. The summed E-state index contributed by atoms with van der Waals surface area (Å²) < 4.78 is 0. The van der Waals surface area contributed by atoms with Crippen LogP contribution in [0.4, 0.5) is 21.9 Å². The largest absolute Gasteiger partial charge is 0.464 e. The third kappa shape index (κ3) is 4.33. The van der Waals surface area contributed by atoms with Crippen molar-refractivity contribution in [3.63, 3.8) is 0 Å². The predicted octanol–water partition coefficient (Wildman–Crippen LogP) is 6.41. The fourth-order valence-electron chi connectivity index (χ4n) is 4.13. The van der Waals surface area contributed by atoms with Gasteiger partial charge in [0, 0.05) is 18.8 Å². The first kappa shape index (κ1) is 20.0. The van der Waals surface area contributed by atoms with Crippen LogP contribution in [0.15, 0.2) is 72.8 Å². The number of amides is 1. The molecule has 0 aromatic heterocycles. The van der Waals surface area contributed by atoms with E-state index in [-0.39, 0.29) is 0 Å². The highest BCUT2D eigenvalue weighted by molar-refractivity contribution is 5.95. The fourth-order valence-corrected chi connectivity index (χ4v) is 4.13. The number of carboxylic acid groups (broad SMARTS) is 1. The molecule has 4 nitrogen and oxygen atoms in total. The van der Waals surface area contributed by atoms with Gasteiger partial charge in [-0.15, -0.1) is 0 Å². The second kappa shape index (κ2) is 9.04. The molecule has 1 heterocycles. The van der Waals surface area contributed by atoms with Gasteiger partial charge in [0.1, 0.15) is 0 Å². The van der Waals surface area contributed by atoms with Crippen LogP contribution in [-0.2, 0) is 19.4 Å². The topological polar surface area (TPSA) is 43.8 Å². The van der Waals surface area contributed by atoms with Crippen LogP contribution < -0.4 is 9.80 Å². The molecule has 1 aliphatic heterocycles. The van der Waals surface area contributed by atoms with Gasteiger partial charge in [-0.25, -0.2) is 9.69 Å². The molecule has 0 radical (unpaired) electrons. The molecule has 0 fully saturated rings. The third-order valence-corrected chi connectivity index (χ3v) is 5.73. The van der Waals surface area contributed by atoms with Gasteiger partial charge in [-0.2, -0.15) is 0 Å². The first-order chi connectivity index (χ1) is 14.7. The normalized spacial score (nSPS) is 12.6. The van der Waals surface area contributed by atoms with Gasteiger partial charge in [-0.05, 0) is 66.3 Å². The van der Waals surface area contributed by atoms with Gasteiger partial charge in [0.2, 0.25) is 0 Å². The van der Waals surface area contributed by atoms with Crippen molar-refractivity contribution >= 4 is 23.2 Å². The number of fused-ring (bicyclic) bond motifs is 1. The monoisotopic (exact) mass is 400 g/mol. The number of aryl methyl sites for hydroxylation is 1. The van der Waals surface area contributed by atoms with Crippen LogP contribution in [0.25, 0.3) is 0 Å². The Bertz CT molecular complexity index is 999. The second-order valence-electron chi connectivity index (χ2n) is 7.86. The van der Waals surface area contributed by atoms with Crippen molar-refractivity contribution in [2.24, 2.45) is 0 Å². The van der Waals surface area contributed by atoms with Crippen LogP contribution in [0.3, 0.4) is 0 Å². The molecule has 1 aliphatic rings. The highest BCUT2D eigenvalue weighted by Gasteiger charge is 2.23. The van der Waals surface area contributed by atoms with E-state index < -0.39 is 6.09 Å². The van der Waals surface area contributed by atoms with Gasteiger partial charge in [-0.1, -0.05) is 55.8 Å². The summed E-state index contributed by atoms with van der Waals surface area (Å²) in [6.07, 6.45) is 3.29. The number of nitrogens with zero attached hydrogens (tertiary/aromatic N) is 2. The first-order valence-corrected chi connectivity index (χ1v) is 10.7. The Morgan fingerprint density at radius 2 is 1.70 bits per heavy atom. The maximum atomic E-state index is 12.1. The molecule has 0 atom stereocenters. The summed E-state index contributed by atoms with van der Waals surface area (Å²) in [6, 6.07) is 24.3. The molecule has 1 N–H and O–H groups in total. The number of carbonyl (C=O) groups is 1. The maximum Gasteiger partial charge on any atom is 0.416 e. The average Bonchev–Trinajstić information content (AvgIpc) is 3.16. The molecule has 0 saturated carbocycles. The molecule has 3 aromatic rings. The average molecular weight is 401 g/mol. The molecule has 3 aromatic carbocycles. The zero-order valence-corrected chi connectivity index (χ0v) is 17.4. The predicted molar refractivity (Wildman–Crippen MR) is 123 cm³/mol. The Balaban J connectivity index is 1.56. The molecule has 30 heavy (non-hydrogen) atoms. The minimum atomic E-state index is -0.963. The van der Waals surface area contributed by atoms with Crippen LogP contribution in [0.5, 0.6) is 0 Å². The highest BCUT2D eigenvalue weighted by Crippen LogP contribution is 2.35. The van der Waals surface area contributed by atoms with Crippen molar-refractivity contribution in [3.8, 4) is 0 Å². The van der Waals surface area contributed by atoms with Crippen molar-refractivity contribution in [2.45, 2.75) is 39.2 Å². The number of unbranched alkanes of at least 4 members (excludes halogenated alkanes) is 1. The lowest BCUT2D eigenvalue weighted by Gasteiger charge is -2.22. The van der Waals surface area contributed by atoms with Gasteiger partial charge in [-0.3, -0.25) is 0 Å². The summed E-state index contributed by atoms with van der Waals surface area (Å²) in [4.78, 5) is 15.8. The maximum absolute atomic E-state index is 12.1. The Hall–Kier alpha value is -3.27. The van der Waals surface area contributed by atoms with Gasteiger partial charge in [0.15, 0.2) is 0 Å². The van der Waals surface area contributed by atoms with Crippen molar-refractivity contribution in [2.75, 3.05) is 16.3 Å². The van der Waals surface area contributed by atoms with E-state index in [2.05, 4.69) is 42.2 Å². The minimum absolute atomic E-state index is 0.682. The fraction of sp³-hybridized carbons (Fsp3) is 0.269. The standard InChI is InChI=1S/C26H28N2O2/c1-2-3-7-20-10-12-23(13-11-20)28(26(29)30)24-14-15-25-22(18-24)16-17-27(25)19-21-8-5-4-6-9-21/h4-6,8-15,18H,2-3,7,16-17,19H2,1H3,(H,29,30). The van der Waals surface area contributed by atoms with Crippen molar-refractivity contribution in [1.82, 2.24) is 0 Å². The Kier molecular flexibility index (Phi) is 6.03. The lowest BCUT2D eigenvalue weighted by molar-refractivity contribution is 0.205. The van der Waals surface area contributed by atoms with E-state index in [0.717, 1.165) is 38.8 Å². The zero-order valence-electron chi connectivity index (χ0n) is 17.4. The van der Waals surface area contributed by atoms with Gasteiger partial charge in [0.25, 0.3) is 0 Å². The number of hydrogen-bond acceptors (Lipinski definition) is 2. The van der Waals surface area contributed by atoms with Gasteiger partial charge >= 0.3 is 6.09 Å². The molecule has 0 aliphatic carbocycles. The molecular formula is C26H28N2O2. The van der Waals surface area contributed by atoms with Crippen LogP contribution in [0.1, 0.15) is 36.5 Å². The molecule has 4 heteroatoms. The van der Waals surface area contributed by atoms with E-state index in [0.29, 0.717) is 11.4 Å². The summed E-state index contributed by atoms with van der Waals surface area (Å²) in [5, 5.41) is 9.90. The van der Waals surface area contributed by atoms with Crippen molar-refractivity contribution in [1.29, 1.82) is 0 Å². The van der Waals surface area contributed by atoms with Crippen LogP contribution in [-0.4, -0.2) is 17.7 Å². The highest BCUT2D eigenvalue weighted by atomic mass is 16.4. The van der Waals surface area contributed by atoms with E-state index in [4.69, 9.17) is 0 Å². The molecule has 154 valence electrons. The van der Waals surface area contributed by atoms with Crippen molar-refractivity contribution in [3.05, 3.63) is 89.5 Å². The lowest BCUT2D eigenvalue weighted by Crippen LogP contribution is -2.23. The van der Waals surface area contributed by atoms with Crippen molar-refractivity contribution < 1.29 is 9.90 Å². The molecule has 0 spiro atoms. The molecule has 0 unspecified atom stereocenters. The Labute approximate surface area is 178 Å². The lowest BCUT2D eigenvalue weighted by atomic mass is 10.1. The summed E-state index contributed by atoms with van der Waals surface area (Å²) in [5.41, 5.74) is 6.31. The molecule has 1 amide bonds. The first-order valence-electron chi connectivity index (χ1n) is 10.7. The molecular weight excluding hydrogens is 372 g/mol. The summed E-state index contributed by atoms with van der Waals surface area (Å²) in [6.45, 7) is 4.00. The quantitative estimate of drug-likeness (QED) is 0.498. The summed E-state index contributed by atoms with van der Waals surface area (Å²) >= 11 is 0. The van der Waals surface area contributed by atoms with Gasteiger partial charge in [0.05, 0.1) is 11.4 Å². The van der Waals surface area contributed by atoms with E-state index in [1.165, 1.54) is 27.3 Å². The number of rotatable bonds is 7. The Morgan fingerprint density at radius 1 is 0.967 bits per heavy atom. The minimum Gasteiger partial charge on any atom is -0.464 e. The van der Waals surface area contributed by atoms with E-state index in [9.17, 15) is 9.90 Å². The van der Waals surface area contributed by atoms with E-state index in [1.807, 2.05) is 42.5 Å². The third-order valence-electron chi connectivity index (χ3n) is 5.73. The number of anilines is 3. The second-order valence-corrected chi connectivity index (χ2v) is 7.86. The van der Waals surface area contributed by atoms with Crippen LogP contribution >= 0.6 is 0 Å². The van der Waals surface area contributed by atoms with Gasteiger partial charge < -0.3 is 10.0 Å². The molecule has 0 bridgehead atoms. The summed E-state index contributed by atoms with van der Waals surface area (Å²) in [7, 11) is 0. The molecule has 0 saturated heterocycles. The molecule has 4 rings (SSSR count). The van der Waals surface area contributed by atoms with Crippen LogP contribution in [0, 0.1) is 0 Å². The van der Waals surface area contributed by atoms with E-state index in [1.54, 1.807) is 0 Å². The number of hydrogen-bond donors (Lipinski definition) is 1. The van der Waals surface area contributed by atoms with E-state index >= 15 is 0 Å². The summed E-state index contributed by atoms with van der Waals surface area (Å²) in [5.74, 6) is 0. The van der Waals surface area contributed by atoms with Crippen LogP contribution in [0.2, 0.25) is 0 Å².